The molecule has 0 atom stereocenters. The number of hydrogen-bond acceptors (Lipinski definition) is 3. The topological polar surface area (TPSA) is 68.0 Å². The molecule has 3 N–H and O–H groups in total. The van der Waals surface area contributed by atoms with Crippen molar-refractivity contribution in [1.82, 2.24) is 4.98 Å². The Labute approximate surface area is 108 Å². The van der Waals surface area contributed by atoms with E-state index < -0.39 is 5.91 Å². The van der Waals surface area contributed by atoms with Crippen molar-refractivity contribution in [2.24, 2.45) is 0 Å². The molecule has 0 aliphatic heterocycles. The minimum atomic E-state index is -0.501. The Morgan fingerprint density at radius 3 is 2.56 bits per heavy atom. The van der Waals surface area contributed by atoms with Crippen molar-refractivity contribution >= 4 is 29.0 Å². The van der Waals surface area contributed by atoms with Gasteiger partial charge in [0.1, 0.15) is 17.3 Å². The molecule has 18 heavy (non-hydrogen) atoms. The first kappa shape index (κ1) is 12.3. The number of nitrogens with one attached hydrogen (secondary N) is 1. The first-order valence-electron chi connectivity index (χ1n) is 5.05. The number of amides is 1. The van der Waals surface area contributed by atoms with Crippen molar-refractivity contribution in [3.05, 3.63) is 52.9 Å². The number of nitrogen functional groups attached to an aromatic ring is 1. The average Bonchev–Trinajstić information content (AvgIpc) is 2.35. The summed E-state index contributed by atoms with van der Waals surface area (Å²) < 4.78 is 12.7. The second-order valence-corrected chi connectivity index (χ2v) is 3.93. The third-order valence-electron chi connectivity index (χ3n) is 2.18. The number of pyridine rings is 1. The molecule has 1 aromatic heterocycles. The summed E-state index contributed by atoms with van der Waals surface area (Å²) in [5, 5.41) is 2.74. The summed E-state index contributed by atoms with van der Waals surface area (Å²) >= 11 is 5.84. The maximum Gasteiger partial charge on any atom is 0.275 e. The lowest BCUT2D eigenvalue weighted by Crippen LogP contribution is -2.15. The molecular weight excluding hydrogens is 257 g/mol. The van der Waals surface area contributed by atoms with E-state index in [1.54, 1.807) is 0 Å². The van der Waals surface area contributed by atoms with Gasteiger partial charge in [-0.05, 0) is 36.4 Å². The summed E-state index contributed by atoms with van der Waals surface area (Å²) in [5.41, 5.74) is 5.95. The molecule has 0 aliphatic carbocycles. The number of nitrogens with zero attached hydrogens (tertiary/aromatic N) is 1. The molecule has 1 aromatic carbocycles. The van der Waals surface area contributed by atoms with Crippen LogP contribution in [0.25, 0.3) is 0 Å². The molecule has 0 aliphatic rings. The standard InChI is InChI=1S/C12H9ClFN3O/c13-9-5-6-10(15)17-11(9)12(18)16-8-3-1-7(14)2-4-8/h1-6H,(H2,15,17)(H,16,18). The zero-order valence-electron chi connectivity index (χ0n) is 9.15. The highest BCUT2D eigenvalue weighted by Gasteiger charge is 2.12. The van der Waals surface area contributed by atoms with Crippen LogP contribution in [0.4, 0.5) is 15.9 Å². The fraction of sp³-hybridized carbons (Fsp3) is 0. The van der Waals surface area contributed by atoms with Gasteiger partial charge in [0.2, 0.25) is 0 Å². The second-order valence-electron chi connectivity index (χ2n) is 3.53. The predicted molar refractivity (Wildman–Crippen MR) is 68.0 cm³/mol. The van der Waals surface area contributed by atoms with E-state index in [1.807, 2.05) is 0 Å². The molecule has 0 saturated carbocycles. The van der Waals surface area contributed by atoms with Crippen molar-refractivity contribution < 1.29 is 9.18 Å². The summed E-state index contributed by atoms with van der Waals surface area (Å²) in [4.78, 5) is 15.7. The maximum absolute atomic E-state index is 12.7. The van der Waals surface area contributed by atoms with Gasteiger partial charge in [-0.2, -0.15) is 0 Å². The number of carbonyl (C=O) groups is 1. The van der Waals surface area contributed by atoms with E-state index in [0.717, 1.165) is 0 Å². The van der Waals surface area contributed by atoms with E-state index in [4.69, 9.17) is 17.3 Å². The Morgan fingerprint density at radius 1 is 1.22 bits per heavy atom. The number of carbonyl (C=O) groups excluding carboxylic acids is 1. The quantitative estimate of drug-likeness (QED) is 0.877. The number of hydrogen-bond donors (Lipinski definition) is 2. The summed E-state index contributed by atoms with van der Waals surface area (Å²) in [6.45, 7) is 0. The zero-order chi connectivity index (χ0) is 13.1. The highest BCUT2D eigenvalue weighted by Crippen LogP contribution is 2.17. The molecule has 0 fully saturated rings. The van der Waals surface area contributed by atoms with E-state index in [1.165, 1.54) is 36.4 Å². The number of benzene rings is 1. The van der Waals surface area contributed by atoms with Gasteiger partial charge in [0.15, 0.2) is 0 Å². The smallest absolute Gasteiger partial charge is 0.275 e. The van der Waals surface area contributed by atoms with E-state index >= 15 is 0 Å². The lowest BCUT2D eigenvalue weighted by molar-refractivity contribution is 0.102. The summed E-state index contributed by atoms with van der Waals surface area (Å²) in [5.74, 6) is -0.685. The molecule has 1 amide bonds. The van der Waals surface area contributed by atoms with Gasteiger partial charge in [0.25, 0.3) is 5.91 Å². The van der Waals surface area contributed by atoms with Crippen molar-refractivity contribution in [2.45, 2.75) is 0 Å². The molecule has 92 valence electrons. The predicted octanol–water partition coefficient (Wildman–Crippen LogP) is 2.71. The molecule has 0 bridgehead atoms. The summed E-state index contributed by atoms with van der Waals surface area (Å²) in [6, 6.07) is 8.34. The molecule has 0 saturated heterocycles. The van der Waals surface area contributed by atoms with Gasteiger partial charge < -0.3 is 11.1 Å². The van der Waals surface area contributed by atoms with E-state index in [9.17, 15) is 9.18 Å². The molecular formula is C12H9ClFN3O. The van der Waals surface area contributed by atoms with Crippen LogP contribution in [0.5, 0.6) is 0 Å². The molecule has 1 heterocycles. The number of rotatable bonds is 2. The lowest BCUT2D eigenvalue weighted by Gasteiger charge is -2.06. The summed E-state index contributed by atoms with van der Waals surface area (Å²) in [7, 11) is 0. The largest absolute Gasteiger partial charge is 0.384 e. The Morgan fingerprint density at radius 2 is 1.89 bits per heavy atom. The van der Waals surface area contributed by atoms with Crippen LogP contribution < -0.4 is 11.1 Å². The van der Waals surface area contributed by atoms with Crippen LogP contribution >= 0.6 is 11.6 Å². The maximum atomic E-state index is 12.7. The molecule has 2 rings (SSSR count). The molecule has 4 nitrogen and oxygen atoms in total. The summed E-state index contributed by atoms with van der Waals surface area (Å²) in [6.07, 6.45) is 0. The van der Waals surface area contributed by atoms with Crippen LogP contribution in [0.2, 0.25) is 5.02 Å². The van der Waals surface area contributed by atoms with Crippen LogP contribution in [0.15, 0.2) is 36.4 Å². The molecule has 0 unspecified atom stereocenters. The van der Waals surface area contributed by atoms with Crippen LogP contribution in [0, 0.1) is 5.82 Å². The van der Waals surface area contributed by atoms with Gasteiger partial charge in [-0.1, -0.05) is 11.6 Å². The van der Waals surface area contributed by atoms with Crippen LogP contribution in [-0.4, -0.2) is 10.9 Å². The molecule has 2 aromatic rings. The minimum absolute atomic E-state index is 0.0287. The second kappa shape index (κ2) is 5.01. The van der Waals surface area contributed by atoms with Gasteiger partial charge in [0.05, 0.1) is 5.02 Å². The van der Waals surface area contributed by atoms with Crippen molar-refractivity contribution in [3.63, 3.8) is 0 Å². The van der Waals surface area contributed by atoms with Crippen LogP contribution in [0.3, 0.4) is 0 Å². The van der Waals surface area contributed by atoms with Gasteiger partial charge >= 0.3 is 0 Å². The Hall–Kier alpha value is -2.14. The van der Waals surface area contributed by atoms with Gasteiger partial charge in [-0.15, -0.1) is 0 Å². The van der Waals surface area contributed by atoms with Crippen LogP contribution in [-0.2, 0) is 0 Å². The number of nitrogens with two attached hydrogens (primary N) is 1. The molecule has 6 heteroatoms. The Kier molecular flexibility index (Phi) is 3.43. The number of anilines is 2. The first-order valence-corrected chi connectivity index (χ1v) is 5.43. The molecule has 0 radical (unpaired) electrons. The van der Waals surface area contributed by atoms with Gasteiger partial charge in [-0.25, -0.2) is 9.37 Å². The highest BCUT2D eigenvalue weighted by atomic mass is 35.5. The third-order valence-corrected chi connectivity index (χ3v) is 2.49. The first-order chi connectivity index (χ1) is 8.56. The normalized spacial score (nSPS) is 10.1. The van der Waals surface area contributed by atoms with Gasteiger partial charge in [-0.3, -0.25) is 4.79 Å². The Balaban J connectivity index is 2.21. The van der Waals surface area contributed by atoms with E-state index in [-0.39, 0.29) is 22.4 Å². The van der Waals surface area contributed by atoms with E-state index in [0.29, 0.717) is 5.69 Å². The SMILES string of the molecule is Nc1ccc(Cl)c(C(=O)Nc2ccc(F)cc2)n1. The lowest BCUT2D eigenvalue weighted by atomic mass is 10.3. The number of halogens is 2. The third kappa shape index (κ3) is 2.75. The monoisotopic (exact) mass is 265 g/mol. The Bertz CT molecular complexity index is 586. The molecule has 0 spiro atoms. The van der Waals surface area contributed by atoms with Crippen molar-refractivity contribution in [3.8, 4) is 0 Å². The average molecular weight is 266 g/mol. The van der Waals surface area contributed by atoms with Crippen LogP contribution in [0.1, 0.15) is 10.5 Å². The fourth-order valence-corrected chi connectivity index (χ4v) is 1.53. The van der Waals surface area contributed by atoms with Gasteiger partial charge in [0, 0.05) is 5.69 Å². The van der Waals surface area contributed by atoms with E-state index in [2.05, 4.69) is 10.3 Å². The highest BCUT2D eigenvalue weighted by molar-refractivity contribution is 6.34. The minimum Gasteiger partial charge on any atom is -0.384 e. The van der Waals surface area contributed by atoms with Crippen molar-refractivity contribution in [2.75, 3.05) is 11.1 Å². The number of aromatic nitrogens is 1. The fourth-order valence-electron chi connectivity index (χ4n) is 1.34. The van der Waals surface area contributed by atoms with Crippen molar-refractivity contribution in [1.29, 1.82) is 0 Å². The zero-order valence-corrected chi connectivity index (χ0v) is 9.91.